The molecular weight excluding hydrogens is 336 g/mol. The summed E-state index contributed by atoms with van der Waals surface area (Å²) in [7, 11) is 3.12. The van der Waals surface area contributed by atoms with Crippen LogP contribution < -0.4 is 14.8 Å². The molecule has 0 saturated heterocycles. The average Bonchev–Trinajstić information content (AvgIpc) is 2.64. The molecule has 7 nitrogen and oxygen atoms in total. The van der Waals surface area contributed by atoms with E-state index in [9.17, 15) is 14.9 Å². The third-order valence-corrected chi connectivity index (χ3v) is 4.18. The Hall–Kier alpha value is -3.09. The van der Waals surface area contributed by atoms with Gasteiger partial charge in [0.15, 0.2) is 11.5 Å². The van der Waals surface area contributed by atoms with E-state index in [1.54, 1.807) is 27.2 Å². The number of ether oxygens (including phenoxy) is 2. The number of methoxy groups -OCH3 is 2. The first-order chi connectivity index (χ1) is 12.4. The van der Waals surface area contributed by atoms with Gasteiger partial charge in [-0.2, -0.15) is 0 Å². The van der Waals surface area contributed by atoms with Crippen LogP contribution in [-0.2, 0) is 0 Å². The number of amides is 1. The molecular formula is C19H22N2O5. The molecule has 138 valence electrons. The molecule has 1 unspecified atom stereocenters. The highest BCUT2D eigenvalue weighted by Gasteiger charge is 2.18. The van der Waals surface area contributed by atoms with Crippen molar-refractivity contribution in [2.45, 2.75) is 26.3 Å². The van der Waals surface area contributed by atoms with Crippen LogP contribution in [0.1, 0.15) is 40.9 Å². The van der Waals surface area contributed by atoms with E-state index in [1.807, 2.05) is 19.1 Å². The van der Waals surface area contributed by atoms with Crippen LogP contribution in [0.3, 0.4) is 0 Å². The molecule has 0 radical (unpaired) electrons. The predicted molar refractivity (Wildman–Crippen MR) is 97.9 cm³/mol. The summed E-state index contributed by atoms with van der Waals surface area (Å²) in [6.07, 6.45) is 0.674. The summed E-state index contributed by atoms with van der Waals surface area (Å²) in [6.45, 7) is 3.57. The molecule has 2 aromatic rings. The van der Waals surface area contributed by atoms with Crippen molar-refractivity contribution in [2.75, 3.05) is 14.2 Å². The third kappa shape index (κ3) is 4.11. The maximum absolute atomic E-state index is 12.6. The minimum atomic E-state index is -0.463. The Morgan fingerprint density at radius 3 is 2.38 bits per heavy atom. The highest BCUT2D eigenvalue weighted by atomic mass is 16.6. The molecule has 0 fully saturated rings. The minimum absolute atomic E-state index is 0.00603. The Kier molecular flexibility index (Phi) is 6.16. The van der Waals surface area contributed by atoms with Crippen LogP contribution in [0.5, 0.6) is 11.5 Å². The summed E-state index contributed by atoms with van der Waals surface area (Å²) in [5, 5.41) is 13.9. The van der Waals surface area contributed by atoms with E-state index < -0.39 is 4.92 Å². The van der Waals surface area contributed by atoms with E-state index in [2.05, 4.69) is 5.32 Å². The maximum Gasteiger partial charge on any atom is 0.272 e. The molecule has 0 aliphatic heterocycles. The van der Waals surface area contributed by atoms with Crippen LogP contribution in [0.2, 0.25) is 0 Å². The van der Waals surface area contributed by atoms with Gasteiger partial charge in [-0.3, -0.25) is 14.9 Å². The summed E-state index contributed by atoms with van der Waals surface area (Å²) < 4.78 is 10.5. The lowest BCUT2D eigenvalue weighted by Gasteiger charge is -2.19. The fraction of sp³-hybridized carbons (Fsp3) is 0.316. The van der Waals surface area contributed by atoms with E-state index >= 15 is 0 Å². The molecule has 26 heavy (non-hydrogen) atoms. The maximum atomic E-state index is 12.6. The van der Waals surface area contributed by atoms with E-state index in [0.29, 0.717) is 29.0 Å². The quantitative estimate of drug-likeness (QED) is 0.600. The van der Waals surface area contributed by atoms with Gasteiger partial charge >= 0.3 is 0 Å². The van der Waals surface area contributed by atoms with Crippen LogP contribution in [0.25, 0.3) is 0 Å². The number of hydrogen-bond donors (Lipinski definition) is 1. The standard InChI is InChI=1S/C19H22N2O5/c1-5-15(13-7-9-17(25-3)18(11-13)26-4)20-19(22)14-6-8-16(21(23)24)12(2)10-14/h6-11,15H,5H2,1-4H3,(H,20,22). The van der Waals surface area contributed by atoms with Gasteiger partial charge in [0.1, 0.15) is 0 Å². The molecule has 1 atom stereocenters. The number of nitrogens with zero attached hydrogens (tertiary/aromatic N) is 1. The largest absolute Gasteiger partial charge is 0.493 e. The van der Waals surface area contributed by atoms with Gasteiger partial charge in [-0.05, 0) is 43.2 Å². The van der Waals surface area contributed by atoms with E-state index in [4.69, 9.17) is 9.47 Å². The lowest BCUT2D eigenvalue weighted by atomic mass is 10.0. The van der Waals surface area contributed by atoms with Gasteiger partial charge in [-0.25, -0.2) is 0 Å². The molecule has 0 aromatic heterocycles. The van der Waals surface area contributed by atoms with Crippen molar-refractivity contribution >= 4 is 11.6 Å². The summed E-state index contributed by atoms with van der Waals surface area (Å²) in [6, 6.07) is 9.60. The number of hydrogen-bond acceptors (Lipinski definition) is 5. The Morgan fingerprint density at radius 2 is 1.85 bits per heavy atom. The zero-order valence-corrected chi connectivity index (χ0v) is 15.2. The van der Waals surface area contributed by atoms with E-state index in [1.165, 1.54) is 18.2 Å². The topological polar surface area (TPSA) is 90.7 Å². The Bertz CT molecular complexity index is 820. The van der Waals surface area contributed by atoms with Crippen molar-refractivity contribution in [3.63, 3.8) is 0 Å². The fourth-order valence-corrected chi connectivity index (χ4v) is 2.73. The van der Waals surface area contributed by atoms with Crippen molar-refractivity contribution in [1.29, 1.82) is 0 Å². The first-order valence-electron chi connectivity index (χ1n) is 8.19. The highest BCUT2D eigenvalue weighted by Crippen LogP contribution is 2.31. The number of carbonyl (C=O) groups excluding carboxylic acids is 1. The first-order valence-corrected chi connectivity index (χ1v) is 8.19. The van der Waals surface area contributed by atoms with Gasteiger partial charge in [0.05, 0.1) is 25.2 Å². The Labute approximate surface area is 152 Å². The molecule has 1 N–H and O–H groups in total. The molecule has 0 saturated carbocycles. The second kappa shape index (κ2) is 8.33. The highest BCUT2D eigenvalue weighted by molar-refractivity contribution is 5.95. The lowest BCUT2D eigenvalue weighted by Crippen LogP contribution is -2.28. The Balaban J connectivity index is 2.23. The molecule has 2 aromatic carbocycles. The van der Waals surface area contributed by atoms with Gasteiger partial charge in [-0.15, -0.1) is 0 Å². The van der Waals surface area contributed by atoms with Crippen molar-refractivity contribution < 1.29 is 19.2 Å². The van der Waals surface area contributed by atoms with Crippen molar-refractivity contribution in [2.24, 2.45) is 0 Å². The third-order valence-electron chi connectivity index (χ3n) is 4.18. The van der Waals surface area contributed by atoms with Crippen LogP contribution in [0.15, 0.2) is 36.4 Å². The summed E-state index contributed by atoms with van der Waals surface area (Å²) in [5.74, 6) is 0.914. The number of benzene rings is 2. The molecule has 0 spiro atoms. The first kappa shape index (κ1) is 19.2. The monoisotopic (exact) mass is 358 g/mol. The number of carbonyl (C=O) groups is 1. The summed E-state index contributed by atoms with van der Waals surface area (Å²) >= 11 is 0. The van der Waals surface area contributed by atoms with Gasteiger partial charge in [-0.1, -0.05) is 13.0 Å². The molecule has 1 amide bonds. The number of rotatable bonds is 7. The van der Waals surface area contributed by atoms with E-state index in [0.717, 1.165) is 5.56 Å². The smallest absolute Gasteiger partial charge is 0.272 e. The van der Waals surface area contributed by atoms with Gasteiger partial charge in [0.2, 0.25) is 0 Å². The average molecular weight is 358 g/mol. The molecule has 0 bridgehead atoms. The van der Waals surface area contributed by atoms with Gasteiger partial charge in [0, 0.05) is 17.2 Å². The number of nitro groups is 1. The van der Waals surface area contributed by atoms with Crippen molar-refractivity contribution in [3.05, 3.63) is 63.2 Å². The van der Waals surface area contributed by atoms with Crippen LogP contribution >= 0.6 is 0 Å². The molecule has 2 rings (SSSR count). The van der Waals surface area contributed by atoms with Gasteiger partial charge < -0.3 is 14.8 Å². The zero-order valence-electron chi connectivity index (χ0n) is 15.2. The number of nitrogens with one attached hydrogen (secondary N) is 1. The minimum Gasteiger partial charge on any atom is -0.493 e. The van der Waals surface area contributed by atoms with Crippen LogP contribution in [0, 0.1) is 17.0 Å². The summed E-state index contributed by atoms with van der Waals surface area (Å²) in [4.78, 5) is 23.0. The molecule has 0 aliphatic carbocycles. The zero-order chi connectivity index (χ0) is 19.3. The van der Waals surface area contributed by atoms with Crippen molar-refractivity contribution in [1.82, 2.24) is 5.32 Å². The van der Waals surface area contributed by atoms with E-state index in [-0.39, 0.29) is 17.6 Å². The molecule has 0 aliphatic rings. The fourth-order valence-electron chi connectivity index (χ4n) is 2.73. The van der Waals surface area contributed by atoms with Crippen LogP contribution in [0.4, 0.5) is 5.69 Å². The molecule has 0 heterocycles. The molecule has 7 heteroatoms. The second-order valence-electron chi connectivity index (χ2n) is 5.81. The lowest BCUT2D eigenvalue weighted by molar-refractivity contribution is -0.385. The number of aryl methyl sites for hydroxylation is 1. The Morgan fingerprint density at radius 1 is 1.15 bits per heavy atom. The number of nitro benzene ring substituents is 1. The SMILES string of the molecule is CCC(NC(=O)c1ccc([N+](=O)[O-])c(C)c1)c1ccc(OC)c(OC)c1. The normalized spacial score (nSPS) is 11.5. The van der Waals surface area contributed by atoms with Crippen molar-refractivity contribution in [3.8, 4) is 11.5 Å². The predicted octanol–water partition coefficient (Wildman–Crippen LogP) is 3.80. The second-order valence-corrected chi connectivity index (χ2v) is 5.81. The summed E-state index contributed by atoms with van der Waals surface area (Å²) in [5.41, 5.74) is 1.71. The van der Waals surface area contributed by atoms with Gasteiger partial charge in [0.25, 0.3) is 11.6 Å². The van der Waals surface area contributed by atoms with Crippen LogP contribution in [-0.4, -0.2) is 25.1 Å².